The number of ether oxygens (including phenoxy) is 2. The second-order valence-corrected chi connectivity index (χ2v) is 6.08. The van der Waals surface area contributed by atoms with E-state index in [-0.39, 0.29) is 12.2 Å². The Hall–Kier alpha value is -0.260. The highest BCUT2D eigenvalue weighted by Crippen LogP contribution is 2.20. The molecule has 1 heterocycles. The van der Waals surface area contributed by atoms with Crippen LogP contribution in [0.2, 0.25) is 0 Å². The molecule has 0 radical (unpaired) electrons. The molecule has 1 unspecified atom stereocenters. The molecular weight excluding hydrogens is 264 g/mol. The van der Waals surface area contributed by atoms with Crippen LogP contribution >= 0.6 is 11.8 Å². The van der Waals surface area contributed by atoms with Gasteiger partial charge in [0.25, 0.3) is 0 Å². The van der Waals surface area contributed by atoms with Crippen molar-refractivity contribution in [3.8, 4) is 0 Å². The van der Waals surface area contributed by atoms with Crippen LogP contribution in [-0.2, 0) is 14.3 Å². The largest absolute Gasteiger partial charge is 0.481 e. The lowest BCUT2D eigenvalue weighted by Gasteiger charge is -2.15. The minimum atomic E-state index is -0.738. The van der Waals surface area contributed by atoms with Gasteiger partial charge in [-0.05, 0) is 12.2 Å². The number of carboxylic acids is 1. The van der Waals surface area contributed by atoms with Crippen LogP contribution in [0, 0.1) is 5.92 Å². The van der Waals surface area contributed by atoms with Crippen molar-refractivity contribution in [3.63, 3.8) is 0 Å². The molecule has 1 fully saturated rings. The van der Waals surface area contributed by atoms with Gasteiger partial charge in [-0.3, -0.25) is 4.79 Å². The van der Waals surface area contributed by atoms with Gasteiger partial charge in [-0.1, -0.05) is 32.6 Å². The van der Waals surface area contributed by atoms with Crippen LogP contribution in [-0.4, -0.2) is 42.1 Å². The highest BCUT2D eigenvalue weighted by atomic mass is 32.2. The average molecular weight is 290 g/mol. The Morgan fingerprint density at radius 3 is 2.58 bits per heavy atom. The number of thioether (sulfide) groups is 1. The zero-order valence-electron chi connectivity index (χ0n) is 11.8. The molecule has 5 heteroatoms. The maximum absolute atomic E-state index is 11.2. The molecule has 1 saturated heterocycles. The standard InChI is InChI=1S/C14H26O4S/c1-2-3-4-5-6-9-19-11-12(14(15)16)10-13-17-7-8-18-13/h12-13H,2-11H2,1H3,(H,15,16). The fraction of sp³-hybridized carbons (Fsp3) is 0.929. The van der Waals surface area contributed by atoms with Crippen molar-refractivity contribution in [1.29, 1.82) is 0 Å². The van der Waals surface area contributed by atoms with Crippen molar-refractivity contribution in [3.05, 3.63) is 0 Å². The summed E-state index contributed by atoms with van der Waals surface area (Å²) in [6, 6.07) is 0. The van der Waals surface area contributed by atoms with Crippen LogP contribution in [0.4, 0.5) is 0 Å². The third-order valence-corrected chi connectivity index (χ3v) is 4.44. The topological polar surface area (TPSA) is 55.8 Å². The first-order valence-corrected chi connectivity index (χ1v) is 8.43. The molecule has 4 nitrogen and oxygen atoms in total. The van der Waals surface area contributed by atoms with Gasteiger partial charge in [-0.2, -0.15) is 11.8 Å². The zero-order valence-corrected chi connectivity index (χ0v) is 12.6. The van der Waals surface area contributed by atoms with Crippen LogP contribution in [0.15, 0.2) is 0 Å². The molecule has 0 aromatic carbocycles. The smallest absolute Gasteiger partial charge is 0.307 e. The van der Waals surface area contributed by atoms with Gasteiger partial charge in [-0.25, -0.2) is 0 Å². The third kappa shape index (κ3) is 7.80. The summed E-state index contributed by atoms with van der Waals surface area (Å²) in [5, 5.41) is 9.18. The molecule has 112 valence electrons. The third-order valence-electron chi connectivity index (χ3n) is 3.23. The molecule has 1 atom stereocenters. The molecule has 0 spiro atoms. The Morgan fingerprint density at radius 1 is 1.26 bits per heavy atom. The maximum atomic E-state index is 11.2. The lowest BCUT2D eigenvalue weighted by Crippen LogP contribution is -2.23. The van der Waals surface area contributed by atoms with Gasteiger partial charge >= 0.3 is 5.97 Å². The van der Waals surface area contributed by atoms with E-state index >= 15 is 0 Å². The predicted octanol–water partition coefficient (Wildman–Crippen LogP) is 3.15. The SMILES string of the molecule is CCCCCCCSCC(CC1OCCO1)C(=O)O. The predicted molar refractivity (Wildman–Crippen MR) is 77.5 cm³/mol. The first-order valence-electron chi connectivity index (χ1n) is 7.27. The first kappa shape index (κ1) is 16.8. The quantitative estimate of drug-likeness (QED) is 0.592. The highest BCUT2D eigenvalue weighted by Gasteiger charge is 2.25. The van der Waals surface area contributed by atoms with E-state index in [1.807, 2.05) is 0 Å². The molecule has 19 heavy (non-hydrogen) atoms. The number of hydrogen-bond acceptors (Lipinski definition) is 4. The number of carboxylic acid groups (broad SMARTS) is 1. The molecule has 0 bridgehead atoms. The molecule has 0 amide bonds. The van der Waals surface area contributed by atoms with E-state index in [0.29, 0.717) is 25.4 Å². The Kier molecular flexibility index (Phi) is 9.30. The fourth-order valence-corrected chi connectivity index (χ4v) is 3.19. The first-order chi connectivity index (χ1) is 9.24. The van der Waals surface area contributed by atoms with E-state index in [9.17, 15) is 9.90 Å². The summed E-state index contributed by atoms with van der Waals surface area (Å²) in [4.78, 5) is 11.2. The molecule has 1 rings (SSSR count). The van der Waals surface area contributed by atoms with Crippen molar-refractivity contribution >= 4 is 17.7 Å². The minimum Gasteiger partial charge on any atom is -0.481 e. The summed E-state index contributed by atoms with van der Waals surface area (Å²) in [5.41, 5.74) is 0. The summed E-state index contributed by atoms with van der Waals surface area (Å²) in [6.07, 6.45) is 6.46. The second-order valence-electron chi connectivity index (χ2n) is 4.93. The average Bonchev–Trinajstić information content (AvgIpc) is 2.89. The molecule has 0 aromatic rings. The molecule has 0 aromatic heterocycles. The number of hydrogen-bond donors (Lipinski definition) is 1. The molecule has 0 aliphatic carbocycles. The lowest BCUT2D eigenvalue weighted by molar-refractivity contribution is -0.144. The van der Waals surface area contributed by atoms with Crippen molar-refractivity contribution < 1.29 is 19.4 Å². The van der Waals surface area contributed by atoms with Crippen LogP contribution in [0.1, 0.15) is 45.4 Å². The number of aliphatic carboxylic acids is 1. The maximum Gasteiger partial charge on any atom is 0.307 e. The molecule has 1 aliphatic rings. The molecular formula is C14H26O4S. The van der Waals surface area contributed by atoms with Gasteiger partial charge in [0.2, 0.25) is 0 Å². The Bertz CT molecular complexity index is 242. The van der Waals surface area contributed by atoms with Crippen LogP contribution in [0.5, 0.6) is 0 Å². The van der Waals surface area contributed by atoms with Gasteiger partial charge in [0, 0.05) is 12.2 Å². The molecule has 1 aliphatic heterocycles. The van der Waals surface area contributed by atoms with Gasteiger partial charge in [0.15, 0.2) is 6.29 Å². The fourth-order valence-electron chi connectivity index (χ4n) is 2.05. The van der Waals surface area contributed by atoms with E-state index in [0.717, 1.165) is 5.75 Å². The van der Waals surface area contributed by atoms with Crippen molar-refractivity contribution in [2.45, 2.75) is 51.7 Å². The van der Waals surface area contributed by atoms with E-state index in [4.69, 9.17) is 9.47 Å². The summed E-state index contributed by atoms with van der Waals surface area (Å²) in [7, 11) is 0. The van der Waals surface area contributed by atoms with E-state index < -0.39 is 5.97 Å². The summed E-state index contributed by atoms with van der Waals surface area (Å²) < 4.78 is 10.6. The highest BCUT2D eigenvalue weighted by molar-refractivity contribution is 7.99. The van der Waals surface area contributed by atoms with Gasteiger partial charge in [0.1, 0.15) is 0 Å². The van der Waals surface area contributed by atoms with Crippen molar-refractivity contribution in [2.75, 3.05) is 24.7 Å². The molecule has 0 saturated carbocycles. The summed E-state index contributed by atoms with van der Waals surface area (Å²) in [5.74, 6) is 0.618. The Balaban J connectivity index is 2.06. The Labute approximate surface area is 120 Å². The monoisotopic (exact) mass is 290 g/mol. The zero-order chi connectivity index (χ0) is 13.9. The van der Waals surface area contributed by atoms with Gasteiger partial charge < -0.3 is 14.6 Å². The number of carbonyl (C=O) groups is 1. The number of rotatable bonds is 11. The number of unbranched alkanes of at least 4 members (excludes halogenated alkanes) is 4. The van der Waals surface area contributed by atoms with E-state index in [2.05, 4.69) is 6.92 Å². The van der Waals surface area contributed by atoms with Crippen molar-refractivity contribution in [1.82, 2.24) is 0 Å². The lowest BCUT2D eigenvalue weighted by atomic mass is 10.1. The van der Waals surface area contributed by atoms with Gasteiger partial charge in [0.05, 0.1) is 19.1 Å². The van der Waals surface area contributed by atoms with Gasteiger partial charge in [-0.15, -0.1) is 0 Å². The Morgan fingerprint density at radius 2 is 1.95 bits per heavy atom. The van der Waals surface area contributed by atoms with Crippen molar-refractivity contribution in [2.24, 2.45) is 5.92 Å². The summed E-state index contributed by atoms with van der Waals surface area (Å²) >= 11 is 1.74. The van der Waals surface area contributed by atoms with Crippen LogP contribution in [0.25, 0.3) is 0 Å². The van der Waals surface area contributed by atoms with Crippen LogP contribution in [0.3, 0.4) is 0 Å². The van der Waals surface area contributed by atoms with E-state index in [1.54, 1.807) is 11.8 Å². The minimum absolute atomic E-state index is 0.314. The normalized spacial score (nSPS) is 17.7. The second kappa shape index (κ2) is 10.5. The van der Waals surface area contributed by atoms with Crippen LogP contribution < -0.4 is 0 Å². The molecule has 1 N–H and O–H groups in total. The summed E-state index contributed by atoms with van der Waals surface area (Å²) in [6.45, 7) is 3.38. The van der Waals surface area contributed by atoms with E-state index in [1.165, 1.54) is 32.1 Å².